The van der Waals surface area contributed by atoms with Gasteiger partial charge in [0.05, 0.1) is 31.5 Å². The molecule has 0 radical (unpaired) electrons. The van der Waals surface area contributed by atoms with Gasteiger partial charge in [-0.3, -0.25) is 9.78 Å². The van der Waals surface area contributed by atoms with E-state index in [2.05, 4.69) is 9.71 Å². The summed E-state index contributed by atoms with van der Waals surface area (Å²) >= 11 is -1.26. The van der Waals surface area contributed by atoms with Gasteiger partial charge >= 0.3 is 5.97 Å². The molecule has 0 amide bonds. The molecule has 0 fully saturated rings. The van der Waals surface area contributed by atoms with Crippen LogP contribution in [-0.2, 0) is 40.5 Å². The zero-order valence-electron chi connectivity index (χ0n) is 21.0. The van der Waals surface area contributed by atoms with Crippen LogP contribution in [0.25, 0.3) is 22.1 Å². The Morgan fingerprint density at radius 3 is 2.78 bits per heavy atom. The van der Waals surface area contributed by atoms with Crippen LogP contribution in [-0.4, -0.2) is 27.9 Å². The third-order valence-corrected chi connectivity index (χ3v) is 6.77. The Balaban J connectivity index is 1.63. The number of carbonyl (C=O) groups excluding carboxylic acids is 1. The van der Waals surface area contributed by atoms with Gasteiger partial charge in [-0.25, -0.2) is 4.39 Å². The molecule has 37 heavy (non-hydrogen) atoms. The second kappa shape index (κ2) is 12.2. The summed E-state index contributed by atoms with van der Waals surface area (Å²) in [6.07, 6.45) is 3.19. The minimum absolute atomic E-state index is 0.0425. The molecule has 4 aromatic rings. The van der Waals surface area contributed by atoms with Gasteiger partial charge in [-0.05, 0) is 62.2 Å². The Morgan fingerprint density at radius 1 is 1.16 bits per heavy atom. The third-order valence-electron chi connectivity index (χ3n) is 5.78. The Kier molecular flexibility index (Phi) is 8.81. The summed E-state index contributed by atoms with van der Waals surface area (Å²) in [7, 11) is 0. The molecule has 7 nitrogen and oxygen atoms in total. The molecule has 1 N–H and O–H groups in total. The van der Waals surface area contributed by atoms with E-state index in [-0.39, 0.29) is 31.2 Å². The molecule has 0 aliphatic heterocycles. The van der Waals surface area contributed by atoms with Crippen molar-refractivity contribution in [2.24, 2.45) is 0 Å². The van der Waals surface area contributed by atoms with E-state index in [0.717, 1.165) is 22.1 Å². The smallest absolute Gasteiger partial charge is 0.310 e. The Morgan fingerprint density at radius 2 is 2.00 bits per heavy atom. The molecule has 0 unspecified atom stereocenters. The standard InChI is InChI=1S/C28H29FN2O5S/c1-4-34-26(32)15-20-7-6-18(3)12-25(20)36-17-19-13-21-9-11-35-28(21)23(14-19)22-8-10-30-24(27(22)29)16-31-37(33)5-2/h6-14,31H,4-5,15-17H2,1-3H3/t37-/m1/s1. The van der Waals surface area contributed by atoms with E-state index in [1.165, 1.54) is 6.20 Å². The summed E-state index contributed by atoms with van der Waals surface area (Å²) in [5, 5.41) is 0.801. The summed E-state index contributed by atoms with van der Waals surface area (Å²) in [5.41, 5.74) is 4.14. The Labute approximate surface area is 218 Å². The second-order valence-corrected chi connectivity index (χ2v) is 10.00. The average molecular weight is 525 g/mol. The summed E-state index contributed by atoms with van der Waals surface area (Å²) < 4.78 is 46.9. The van der Waals surface area contributed by atoms with E-state index in [0.29, 0.717) is 34.8 Å². The summed E-state index contributed by atoms with van der Waals surface area (Å²) in [6, 6.07) is 12.8. The van der Waals surface area contributed by atoms with Crippen molar-refractivity contribution in [2.45, 2.75) is 40.3 Å². The van der Waals surface area contributed by atoms with Crippen molar-refractivity contribution in [1.82, 2.24) is 9.71 Å². The van der Waals surface area contributed by atoms with Crippen LogP contribution in [0.15, 0.2) is 59.3 Å². The molecule has 0 aliphatic carbocycles. The predicted molar refractivity (Wildman–Crippen MR) is 141 cm³/mol. The quantitative estimate of drug-likeness (QED) is 0.207. The van der Waals surface area contributed by atoms with Gasteiger partial charge in [-0.15, -0.1) is 4.72 Å². The van der Waals surface area contributed by atoms with Crippen LogP contribution in [0.5, 0.6) is 5.75 Å². The van der Waals surface area contributed by atoms with Crippen molar-refractivity contribution in [2.75, 3.05) is 12.4 Å². The van der Waals surface area contributed by atoms with Crippen LogP contribution in [0.2, 0.25) is 0 Å². The highest BCUT2D eigenvalue weighted by molar-refractivity contribution is 7.89. The number of hydrogen-bond acceptors (Lipinski definition) is 7. The zero-order chi connectivity index (χ0) is 26.4. The number of carbonyl (C=O) groups is 1. The Bertz CT molecular complexity index is 1390. The highest BCUT2D eigenvalue weighted by Crippen LogP contribution is 2.34. The molecule has 9 heteroatoms. The van der Waals surface area contributed by atoms with E-state index < -0.39 is 17.2 Å². The van der Waals surface area contributed by atoms with Gasteiger partial charge in [0.2, 0.25) is 0 Å². The lowest BCUT2D eigenvalue weighted by atomic mass is 10.00. The van der Waals surface area contributed by atoms with Crippen LogP contribution in [0.3, 0.4) is 0 Å². The first-order valence-corrected chi connectivity index (χ1v) is 13.3. The van der Waals surface area contributed by atoms with Crippen molar-refractivity contribution in [3.63, 3.8) is 0 Å². The highest BCUT2D eigenvalue weighted by atomic mass is 32.2. The molecule has 1 atom stereocenters. The maximum absolute atomic E-state index is 15.5. The number of aromatic nitrogens is 1. The fourth-order valence-corrected chi connectivity index (χ4v) is 4.47. The van der Waals surface area contributed by atoms with Gasteiger partial charge < -0.3 is 18.4 Å². The van der Waals surface area contributed by atoms with Gasteiger partial charge in [0, 0.05) is 39.6 Å². The van der Waals surface area contributed by atoms with Gasteiger partial charge in [0.15, 0.2) is 5.82 Å². The molecular formula is C28H29FN2O5S. The van der Waals surface area contributed by atoms with E-state index in [1.54, 1.807) is 26.2 Å². The van der Waals surface area contributed by atoms with Gasteiger partial charge in [-0.2, -0.15) is 0 Å². The fourth-order valence-electron chi connectivity index (χ4n) is 3.97. The molecule has 0 spiro atoms. The van der Waals surface area contributed by atoms with E-state index in [4.69, 9.17) is 13.9 Å². The third kappa shape index (κ3) is 6.49. The van der Waals surface area contributed by atoms with Crippen LogP contribution >= 0.6 is 0 Å². The van der Waals surface area contributed by atoms with Crippen LogP contribution in [0.1, 0.15) is 36.2 Å². The lowest BCUT2D eigenvalue weighted by Gasteiger charge is -2.14. The minimum atomic E-state index is -1.26. The van der Waals surface area contributed by atoms with E-state index in [9.17, 15) is 9.35 Å². The minimum Gasteiger partial charge on any atom is -0.598 e. The largest absolute Gasteiger partial charge is 0.598 e. The van der Waals surface area contributed by atoms with Crippen LogP contribution < -0.4 is 9.46 Å². The number of pyridine rings is 1. The lowest BCUT2D eigenvalue weighted by molar-refractivity contribution is -0.142. The summed E-state index contributed by atoms with van der Waals surface area (Å²) in [4.78, 5) is 16.2. The number of rotatable bonds is 11. The monoisotopic (exact) mass is 524 g/mol. The number of nitrogens with zero attached hydrogens (tertiary/aromatic N) is 1. The molecule has 0 saturated carbocycles. The van der Waals surface area contributed by atoms with Gasteiger partial charge in [0.1, 0.15) is 23.7 Å². The molecule has 4 rings (SSSR count). The van der Waals surface area contributed by atoms with E-state index >= 15 is 4.39 Å². The number of aryl methyl sites for hydroxylation is 1. The zero-order valence-corrected chi connectivity index (χ0v) is 21.8. The average Bonchev–Trinajstić information content (AvgIpc) is 3.36. The number of esters is 1. The first kappa shape index (κ1) is 26.7. The first-order valence-electron chi connectivity index (χ1n) is 12.0. The number of furan rings is 1. The maximum atomic E-state index is 15.5. The van der Waals surface area contributed by atoms with Gasteiger partial charge in [0.25, 0.3) is 0 Å². The van der Waals surface area contributed by atoms with Crippen molar-refractivity contribution < 1.29 is 27.6 Å². The van der Waals surface area contributed by atoms with Crippen molar-refractivity contribution in [3.05, 3.63) is 83.1 Å². The molecule has 0 bridgehead atoms. The number of nitrogens with one attached hydrogen (secondary N) is 1. The predicted octanol–water partition coefficient (Wildman–Crippen LogP) is 5.40. The SMILES string of the molecule is CCOC(=O)Cc1ccc(C)cc1OCc1cc(-c2ccnc(CN[S@+]([O-])CC)c2F)c2occc2c1. The van der Waals surface area contributed by atoms with Gasteiger partial charge in [-0.1, -0.05) is 12.1 Å². The Hall–Kier alpha value is -3.40. The van der Waals surface area contributed by atoms with E-state index in [1.807, 2.05) is 43.3 Å². The fraction of sp³-hybridized carbons (Fsp3) is 0.286. The van der Waals surface area contributed by atoms with Crippen molar-refractivity contribution in [3.8, 4) is 16.9 Å². The normalized spacial score (nSPS) is 12.0. The second-order valence-electron chi connectivity index (χ2n) is 8.44. The number of fused-ring (bicyclic) bond motifs is 1. The topological polar surface area (TPSA) is 96.7 Å². The molecule has 0 saturated heterocycles. The maximum Gasteiger partial charge on any atom is 0.310 e. The van der Waals surface area contributed by atoms with Crippen LogP contribution in [0, 0.1) is 12.7 Å². The molecule has 194 valence electrons. The number of ether oxygens (including phenoxy) is 2. The summed E-state index contributed by atoms with van der Waals surface area (Å²) in [5.74, 6) is 0.182. The molecular weight excluding hydrogens is 495 g/mol. The molecule has 2 heterocycles. The highest BCUT2D eigenvalue weighted by Gasteiger charge is 2.18. The molecule has 0 aliphatic rings. The number of benzene rings is 2. The first-order chi connectivity index (χ1) is 17.9. The van der Waals surface area contributed by atoms with Crippen molar-refractivity contribution in [1.29, 1.82) is 0 Å². The number of halogens is 1. The van der Waals surface area contributed by atoms with Crippen molar-refractivity contribution >= 4 is 28.3 Å². The molecule has 2 aromatic carbocycles. The van der Waals surface area contributed by atoms with Crippen LogP contribution in [0.4, 0.5) is 4.39 Å². The number of hydrogen-bond donors (Lipinski definition) is 1. The lowest BCUT2D eigenvalue weighted by Crippen LogP contribution is -2.25. The summed E-state index contributed by atoms with van der Waals surface area (Å²) in [6.45, 7) is 6.05. The molecule has 2 aromatic heterocycles.